The fraction of sp³-hybridized carbons (Fsp3) is 0.211. The van der Waals surface area contributed by atoms with Crippen LogP contribution < -0.4 is 5.32 Å². The molecule has 2 heterocycles. The van der Waals surface area contributed by atoms with Crippen molar-refractivity contribution in [1.29, 1.82) is 5.26 Å². The van der Waals surface area contributed by atoms with Crippen LogP contribution in [-0.2, 0) is 16.1 Å². The number of esters is 1. The summed E-state index contributed by atoms with van der Waals surface area (Å²) in [6, 6.07) is 13.3. The second kappa shape index (κ2) is 7.05. The van der Waals surface area contributed by atoms with Crippen molar-refractivity contribution in [2.24, 2.45) is 0 Å². The average molecular weight is 334 g/mol. The SMILES string of the molecule is CCOC(=O)Cn1ccc2c(Nc3cc(C#N)cc(C)n3)cccc21. The van der Waals surface area contributed by atoms with Crippen molar-refractivity contribution < 1.29 is 9.53 Å². The van der Waals surface area contributed by atoms with E-state index in [1.54, 1.807) is 19.1 Å². The van der Waals surface area contributed by atoms with Crippen LogP contribution >= 0.6 is 0 Å². The number of pyridine rings is 1. The summed E-state index contributed by atoms with van der Waals surface area (Å²) in [5, 5.41) is 13.3. The molecule has 0 bridgehead atoms. The maximum absolute atomic E-state index is 11.7. The topological polar surface area (TPSA) is 79.9 Å². The molecule has 0 spiro atoms. The monoisotopic (exact) mass is 334 g/mol. The second-order valence-corrected chi connectivity index (χ2v) is 5.61. The Labute approximate surface area is 145 Å². The number of nitrogens with zero attached hydrogens (tertiary/aromatic N) is 3. The molecule has 0 unspecified atom stereocenters. The van der Waals surface area contributed by atoms with Gasteiger partial charge in [0.25, 0.3) is 0 Å². The van der Waals surface area contributed by atoms with Crippen molar-refractivity contribution in [2.45, 2.75) is 20.4 Å². The number of nitrogens with one attached hydrogen (secondary N) is 1. The largest absolute Gasteiger partial charge is 0.465 e. The van der Waals surface area contributed by atoms with Gasteiger partial charge < -0.3 is 14.6 Å². The van der Waals surface area contributed by atoms with Crippen molar-refractivity contribution >= 4 is 28.4 Å². The quantitative estimate of drug-likeness (QED) is 0.722. The number of carbonyl (C=O) groups is 1. The summed E-state index contributed by atoms with van der Waals surface area (Å²) in [7, 11) is 0. The Kier molecular flexibility index (Phi) is 4.66. The van der Waals surface area contributed by atoms with Crippen LogP contribution in [0.4, 0.5) is 11.5 Å². The van der Waals surface area contributed by atoms with Gasteiger partial charge in [-0.1, -0.05) is 6.07 Å². The maximum Gasteiger partial charge on any atom is 0.325 e. The molecule has 0 saturated heterocycles. The molecule has 0 aliphatic carbocycles. The molecular formula is C19H18N4O2. The van der Waals surface area contributed by atoms with Gasteiger partial charge in [-0.2, -0.15) is 5.26 Å². The van der Waals surface area contributed by atoms with Gasteiger partial charge in [-0.05, 0) is 44.2 Å². The van der Waals surface area contributed by atoms with Crippen LogP contribution in [-0.4, -0.2) is 22.1 Å². The Morgan fingerprint density at radius 2 is 2.20 bits per heavy atom. The smallest absolute Gasteiger partial charge is 0.325 e. The highest BCUT2D eigenvalue weighted by Gasteiger charge is 2.10. The van der Waals surface area contributed by atoms with Crippen molar-refractivity contribution in [3.05, 3.63) is 53.9 Å². The summed E-state index contributed by atoms with van der Waals surface area (Å²) in [6.07, 6.45) is 1.86. The number of hydrogen-bond donors (Lipinski definition) is 1. The minimum atomic E-state index is -0.266. The zero-order valence-corrected chi connectivity index (χ0v) is 14.1. The van der Waals surface area contributed by atoms with E-state index < -0.39 is 0 Å². The Morgan fingerprint density at radius 3 is 2.96 bits per heavy atom. The minimum Gasteiger partial charge on any atom is -0.465 e. The Morgan fingerprint density at radius 1 is 1.36 bits per heavy atom. The Balaban J connectivity index is 1.93. The predicted molar refractivity (Wildman–Crippen MR) is 95.5 cm³/mol. The number of carbonyl (C=O) groups excluding carboxylic acids is 1. The summed E-state index contributed by atoms with van der Waals surface area (Å²) < 4.78 is 6.86. The summed E-state index contributed by atoms with van der Waals surface area (Å²) in [5.41, 5.74) is 3.11. The third-order valence-electron chi connectivity index (χ3n) is 3.76. The highest BCUT2D eigenvalue weighted by atomic mass is 16.5. The van der Waals surface area contributed by atoms with E-state index in [9.17, 15) is 4.79 Å². The van der Waals surface area contributed by atoms with E-state index >= 15 is 0 Å². The van der Waals surface area contributed by atoms with E-state index in [-0.39, 0.29) is 12.5 Å². The minimum absolute atomic E-state index is 0.169. The van der Waals surface area contributed by atoms with Gasteiger partial charge in [0.1, 0.15) is 12.4 Å². The molecular weight excluding hydrogens is 316 g/mol. The van der Waals surface area contributed by atoms with E-state index in [0.29, 0.717) is 18.0 Å². The van der Waals surface area contributed by atoms with Crippen molar-refractivity contribution in [1.82, 2.24) is 9.55 Å². The lowest BCUT2D eigenvalue weighted by Gasteiger charge is -2.10. The Bertz CT molecular complexity index is 969. The molecule has 6 nitrogen and oxygen atoms in total. The maximum atomic E-state index is 11.7. The van der Waals surface area contributed by atoms with Crippen molar-refractivity contribution in [3.8, 4) is 6.07 Å². The van der Waals surface area contributed by atoms with Gasteiger partial charge >= 0.3 is 5.97 Å². The molecule has 6 heteroatoms. The molecule has 0 aliphatic heterocycles. The first-order valence-corrected chi connectivity index (χ1v) is 8.00. The van der Waals surface area contributed by atoms with Crippen LogP contribution in [0.15, 0.2) is 42.6 Å². The number of benzene rings is 1. The van der Waals surface area contributed by atoms with Gasteiger partial charge in [-0.15, -0.1) is 0 Å². The van der Waals surface area contributed by atoms with E-state index in [0.717, 1.165) is 22.3 Å². The van der Waals surface area contributed by atoms with Gasteiger partial charge in [0.15, 0.2) is 0 Å². The predicted octanol–water partition coefficient (Wildman–Crippen LogP) is 3.52. The fourth-order valence-electron chi connectivity index (χ4n) is 2.75. The van der Waals surface area contributed by atoms with Crippen LogP contribution in [0.25, 0.3) is 10.9 Å². The second-order valence-electron chi connectivity index (χ2n) is 5.61. The van der Waals surface area contributed by atoms with E-state index in [1.807, 2.05) is 42.0 Å². The van der Waals surface area contributed by atoms with Gasteiger partial charge in [-0.3, -0.25) is 4.79 Å². The molecule has 126 valence electrons. The third-order valence-corrected chi connectivity index (χ3v) is 3.76. The number of fused-ring (bicyclic) bond motifs is 1. The standard InChI is InChI=1S/C19H18N4O2/c1-3-25-19(24)12-23-8-7-15-16(5-4-6-17(15)23)22-18-10-14(11-20)9-13(2)21-18/h4-10H,3,12H2,1-2H3,(H,21,22). The molecule has 0 fully saturated rings. The number of nitriles is 1. The molecule has 0 saturated carbocycles. The van der Waals surface area contributed by atoms with E-state index in [2.05, 4.69) is 16.4 Å². The zero-order chi connectivity index (χ0) is 17.8. The number of ether oxygens (including phenoxy) is 1. The normalized spacial score (nSPS) is 10.4. The molecule has 0 radical (unpaired) electrons. The van der Waals surface area contributed by atoms with Crippen LogP contribution in [0.3, 0.4) is 0 Å². The summed E-state index contributed by atoms with van der Waals surface area (Å²) in [5.74, 6) is 0.347. The van der Waals surface area contributed by atoms with Gasteiger partial charge in [0.05, 0.1) is 23.8 Å². The van der Waals surface area contributed by atoms with Gasteiger partial charge in [0.2, 0.25) is 0 Å². The lowest BCUT2D eigenvalue weighted by Crippen LogP contribution is -2.12. The molecule has 3 rings (SSSR count). The molecule has 3 aromatic rings. The number of rotatable bonds is 5. The molecule has 1 N–H and O–H groups in total. The summed E-state index contributed by atoms with van der Waals surface area (Å²) in [6.45, 7) is 4.17. The lowest BCUT2D eigenvalue weighted by molar-refractivity contribution is -0.143. The molecule has 1 aromatic carbocycles. The summed E-state index contributed by atoms with van der Waals surface area (Å²) in [4.78, 5) is 16.2. The third kappa shape index (κ3) is 3.61. The first-order chi connectivity index (χ1) is 12.1. The Hall–Kier alpha value is -3.33. The first-order valence-electron chi connectivity index (χ1n) is 8.00. The molecule has 0 aliphatic rings. The number of aromatic nitrogens is 2. The van der Waals surface area contributed by atoms with Crippen LogP contribution in [0, 0.1) is 18.3 Å². The lowest BCUT2D eigenvalue weighted by atomic mass is 10.2. The summed E-state index contributed by atoms with van der Waals surface area (Å²) >= 11 is 0. The van der Waals surface area contributed by atoms with Crippen LogP contribution in [0.2, 0.25) is 0 Å². The van der Waals surface area contributed by atoms with E-state index in [4.69, 9.17) is 10.00 Å². The van der Waals surface area contributed by atoms with Crippen molar-refractivity contribution in [3.63, 3.8) is 0 Å². The van der Waals surface area contributed by atoms with Crippen LogP contribution in [0.1, 0.15) is 18.2 Å². The van der Waals surface area contributed by atoms with Crippen LogP contribution in [0.5, 0.6) is 0 Å². The molecule has 0 amide bonds. The number of anilines is 2. The highest BCUT2D eigenvalue weighted by molar-refractivity contribution is 5.94. The highest BCUT2D eigenvalue weighted by Crippen LogP contribution is 2.27. The molecule has 0 atom stereocenters. The van der Waals surface area contributed by atoms with Gasteiger partial charge in [0, 0.05) is 23.0 Å². The fourth-order valence-corrected chi connectivity index (χ4v) is 2.75. The van der Waals surface area contributed by atoms with Crippen molar-refractivity contribution in [2.75, 3.05) is 11.9 Å². The molecule has 2 aromatic heterocycles. The first kappa shape index (κ1) is 16.5. The number of aryl methyl sites for hydroxylation is 1. The molecule has 25 heavy (non-hydrogen) atoms. The zero-order valence-electron chi connectivity index (χ0n) is 14.1. The average Bonchev–Trinajstić information content (AvgIpc) is 2.98. The van der Waals surface area contributed by atoms with E-state index in [1.165, 1.54) is 0 Å². The number of hydrogen-bond acceptors (Lipinski definition) is 5. The van der Waals surface area contributed by atoms with Gasteiger partial charge in [-0.25, -0.2) is 4.98 Å².